The lowest BCUT2D eigenvalue weighted by molar-refractivity contribution is 0.375. The van der Waals surface area contributed by atoms with Crippen LogP contribution in [0.3, 0.4) is 0 Å². The number of hydrogen-bond donors (Lipinski definition) is 1. The average molecular weight is 308 g/mol. The van der Waals surface area contributed by atoms with Crippen LogP contribution in [0, 0.1) is 5.92 Å². The average Bonchev–Trinajstić information content (AvgIpc) is 3.31. The predicted octanol–water partition coefficient (Wildman–Crippen LogP) is 5.78. The normalized spacial score (nSPS) is 17.7. The van der Waals surface area contributed by atoms with E-state index in [9.17, 15) is 0 Å². The van der Waals surface area contributed by atoms with Crippen molar-refractivity contribution in [1.82, 2.24) is 5.32 Å². The van der Waals surface area contributed by atoms with Gasteiger partial charge in [0.2, 0.25) is 0 Å². The molecule has 0 radical (unpaired) electrons. The first kappa shape index (κ1) is 16.8. The van der Waals surface area contributed by atoms with Crippen molar-refractivity contribution in [1.29, 1.82) is 0 Å². The molecule has 2 unspecified atom stereocenters. The van der Waals surface area contributed by atoms with Crippen LogP contribution in [-0.4, -0.2) is 12.6 Å². The molecule has 1 aromatic carbocycles. The van der Waals surface area contributed by atoms with E-state index in [4.69, 9.17) is 11.6 Å². The fourth-order valence-corrected chi connectivity index (χ4v) is 3.28. The van der Waals surface area contributed by atoms with Gasteiger partial charge in [0.1, 0.15) is 0 Å². The number of unbranched alkanes of at least 4 members (excludes halogenated alkanes) is 1. The van der Waals surface area contributed by atoms with Crippen molar-refractivity contribution < 1.29 is 0 Å². The number of hydrogen-bond acceptors (Lipinski definition) is 1. The van der Waals surface area contributed by atoms with Gasteiger partial charge in [-0.2, -0.15) is 0 Å². The molecule has 1 nitrogen and oxygen atoms in total. The molecule has 0 heterocycles. The lowest BCUT2D eigenvalue weighted by atomic mass is 9.85. The molecule has 1 aliphatic rings. The van der Waals surface area contributed by atoms with Gasteiger partial charge in [-0.3, -0.25) is 0 Å². The highest BCUT2D eigenvalue weighted by atomic mass is 35.5. The van der Waals surface area contributed by atoms with Crippen LogP contribution in [0.1, 0.15) is 70.3 Å². The molecule has 1 saturated carbocycles. The largest absolute Gasteiger partial charge is 0.313 e. The molecule has 1 fully saturated rings. The van der Waals surface area contributed by atoms with Crippen molar-refractivity contribution in [2.75, 3.05) is 6.54 Å². The van der Waals surface area contributed by atoms with E-state index >= 15 is 0 Å². The van der Waals surface area contributed by atoms with E-state index in [1.54, 1.807) is 0 Å². The van der Waals surface area contributed by atoms with Crippen molar-refractivity contribution in [3.63, 3.8) is 0 Å². The van der Waals surface area contributed by atoms with E-state index in [0.29, 0.717) is 5.92 Å². The number of halogens is 1. The van der Waals surface area contributed by atoms with Gasteiger partial charge < -0.3 is 5.32 Å². The fourth-order valence-electron chi connectivity index (χ4n) is 3.08. The molecule has 0 spiro atoms. The lowest BCUT2D eigenvalue weighted by Gasteiger charge is -2.24. The molecule has 0 amide bonds. The second-order valence-electron chi connectivity index (χ2n) is 6.59. The smallest absolute Gasteiger partial charge is 0.0408 e. The SMILES string of the molecule is CCCCC(CC)CC(CNC1CC1)c1cccc(Cl)c1. The molecule has 1 N–H and O–H groups in total. The molecule has 1 aliphatic carbocycles. The number of nitrogens with one attached hydrogen (secondary N) is 1. The highest BCUT2D eigenvalue weighted by molar-refractivity contribution is 6.30. The van der Waals surface area contributed by atoms with Gasteiger partial charge in [-0.1, -0.05) is 63.3 Å². The lowest BCUT2D eigenvalue weighted by Crippen LogP contribution is -2.25. The minimum Gasteiger partial charge on any atom is -0.313 e. The summed E-state index contributed by atoms with van der Waals surface area (Å²) in [7, 11) is 0. The second-order valence-corrected chi connectivity index (χ2v) is 7.02. The molecule has 2 atom stereocenters. The Kier molecular flexibility index (Phi) is 7.06. The van der Waals surface area contributed by atoms with Crippen LogP contribution >= 0.6 is 11.6 Å². The van der Waals surface area contributed by atoms with Crippen molar-refractivity contribution >= 4 is 11.6 Å². The van der Waals surface area contributed by atoms with Crippen molar-refractivity contribution in [2.45, 2.75) is 70.8 Å². The molecule has 0 bridgehead atoms. The Labute approximate surface area is 135 Å². The summed E-state index contributed by atoms with van der Waals surface area (Å²) in [6.45, 7) is 5.73. The molecule has 0 aliphatic heterocycles. The van der Waals surface area contributed by atoms with E-state index in [0.717, 1.165) is 23.5 Å². The van der Waals surface area contributed by atoms with Crippen LogP contribution in [0.25, 0.3) is 0 Å². The first-order valence-electron chi connectivity index (χ1n) is 8.71. The Balaban J connectivity index is 1.99. The Morgan fingerprint density at radius 3 is 2.71 bits per heavy atom. The highest BCUT2D eigenvalue weighted by Crippen LogP contribution is 2.30. The predicted molar refractivity (Wildman–Crippen MR) is 93.1 cm³/mol. The van der Waals surface area contributed by atoms with Crippen LogP contribution in [0.4, 0.5) is 0 Å². The first-order valence-corrected chi connectivity index (χ1v) is 9.09. The quantitative estimate of drug-likeness (QED) is 0.577. The van der Waals surface area contributed by atoms with Gasteiger partial charge in [-0.05, 0) is 48.8 Å². The highest BCUT2D eigenvalue weighted by Gasteiger charge is 2.23. The third-order valence-electron chi connectivity index (χ3n) is 4.71. The van der Waals surface area contributed by atoms with Crippen LogP contribution < -0.4 is 5.32 Å². The monoisotopic (exact) mass is 307 g/mol. The Morgan fingerprint density at radius 2 is 2.10 bits per heavy atom. The number of rotatable bonds is 10. The first-order chi connectivity index (χ1) is 10.2. The molecular formula is C19H30ClN. The zero-order valence-electron chi connectivity index (χ0n) is 13.6. The molecule has 0 saturated heterocycles. The maximum atomic E-state index is 6.20. The van der Waals surface area contributed by atoms with Crippen LogP contribution in [0.2, 0.25) is 5.02 Å². The molecule has 118 valence electrons. The van der Waals surface area contributed by atoms with E-state index in [1.165, 1.54) is 50.5 Å². The van der Waals surface area contributed by atoms with Gasteiger partial charge in [0, 0.05) is 17.6 Å². The van der Waals surface area contributed by atoms with Crippen molar-refractivity contribution in [3.8, 4) is 0 Å². The Bertz CT molecular complexity index is 414. The van der Waals surface area contributed by atoms with Crippen molar-refractivity contribution in [3.05, 3.63) is 34.9 Å². The van der Waals surface area contributed by atoms with Crippen LogP contribution in [0.15, 0.2) is 24.3 Å². The summed E-state index contributed by atoms with van der Waals surface area (Å²) >= 11 is 6.20. The van der Waals surface area contributed by atoms with Gasteiger partial charge in [-0.15, -0.1) is 0 Å². The Morgan fingerprint density at radius 1 is 1.29 bits per heavy atom. The van der Waals surface area contributed by atoms with Gasteiger partial charge in [-0.25, -0.2) is 0 Å². The van der Waals surface area contributed by atoms with E-state index in [1.807, 2.05) is 6.07 Å². The van der Waals surface area contributed by atoms with Gasteiger partial charge in [0.05, 0.1) is 0 Å². The van der Waals surface area contributed by atoms with E-state index in [-0.39, 0.29) is 0 Å². The summed E-state index contributed by atoms with van der Waals surface area (Å²) in [4.78, 5) is 0. The standard InChI is InChI=1S/C19H30ClN/c1-3-5-7-15(4-2)12-17(14-21-19-10-11-19)16-8-6-9-18(20)13-16/h6,8-9,13,15,17,19,21H,3-5,7,10-12,14H2,1-2H3. The van der Waals surface area contributed by atoms with Crippen LogP contribution in [-0.2, 0) is 0 Å². The third kappa shape index (κ3) is 6.00. The molecular weight excluding hydrogens is 278 g/mol. The van der Waals surface area contributed by atoms with E-state index < -0.39 is 0 Å². The maximum Gasteiger partial charge on any atom is 0.0408 e. The zero-order chi connectivity index (χ0) is 15.1. The molecule has 1 aromatic rings. The molecule has 21 heavy (non-hydrogen) atoms. The molecule has 2 rings (SSSR count). The van der Waals surface area contributed by atoms with Crippen molar-refractivity contribution in [2.24, 2.45) is 5.92 Å². The summed E-state index contributed by atoms with van der Waals surface area (Å²) in [6.07, 6.45) is 9.32. The fraction of sp³-hybridized carbons (Fsp3) is 0.684. The minimum absolute atomic E-state index is 0.603. The van der Waals surface area contributed by atoms with Gasteiger partial charge in [0.25, 0.3) is 0 Å². The molecule has 0 aromatic heterocycles. The summed E-state index contributed by atoms with van der Waals surface area (Å²) in [6, 6.07) is 9.26. The minimum atomic E-state index is 0.603. The summed E-state index contributed by atoms with van der Waals surface area (Å²) in [5.41, 5.74) is 1.41. The van der Waals surface area contributed by atoms with E-state index in [2.05, 4.69) is 37.4 Å². The zero-order valence-corrected chi connectivity index (χ0v) is 14.3. The van der Waals surface area contributed by atoms with Gasteiger partial charge >= 0.3 is 0 Å². The topological polar surface area (TPSA) is 12.0 Å². The number of benzene rings is 1. The maximum absolute atomic E-state index is 6.20. The van der Waals surface area contributed by atoms with Crippen LogP contribution in [0.5, 0.6) is 0 Å². The second kappa shape index (κ2) is 8.80. The Hall–Kier alpha value is -0.530. The summed E-state index contributed by atoms with van der Waals surface area (Å²) in [5.74, 6) is 1.45. The summed E-state index contributed by atoms with van der Waals surface area (Å²) in [5, 5.41) is 4.58. The van der Waals surface area contributed by atoms with Gasteiger partial charge in [0.15, 0.2) is 0 Å². The third-order valence-corrected chi connectivity index (χ3v) is 4.95. The molecule has 2 heteroatoms. The summed E-state index contributed by atoms with van der Waals surface area (Å²) < 4.78 is 0.